The summed E-state index contributed by atoms with van der Waals surface area (Å²) >= 11 is 14.1. The van der Waals surface area contributed by atoms with Gasteiger partial charge in [-0.2, -0.15) is 0 Å². The molecule has 160 valence electrons. The summed E-state index contributed by atoms with van der Waals surface area (Å²) in [6, 6.07) is 12.4. The topological polar surface area (TPSA) is 86.6 Å². The predicted molar refractivity (Wildman–Crippen MR) is 126 cm³/mol. The molecule has 7 nitrogen and oxygen atoms in total. The Morgan fingerprint density at radius 1 is 1.19 bits per heavy atom. The lowest BCUT2D eigenvalue weighted by molar-refractivity contribution is -0.746. The molecule has 1 aliphatic heterocycles. The summed E-state index contributed by atoms with van der Waals surface area (Å²) in [4.78, 5) is 23.2. The van der Waals surface area contributed by atoms with Crippen LogP contribution in [0, 0.1) is 0 Å². The van der Waals surface area contributed by atoms with E-state index in [4.69, 9.17) is 28.2 Å². The van der Waals surface area contributed by atoms with Crippen LogP contribution in [-0.2, 0) is 4.79 Å². The minimum Gasteiger partial charge on any atom is -0.321 e. The van der Waals surface area contributed by atoms with E-state index in [1.54, 1.807) is 48.0 Å². The largest absolute Gasteiger partial charge is 0.417 e. The van der Waals surface area contributed by atoms with Gasteiger partial charge in [0.1, 0.15) is 0 Å². The van der Waals surface area contributed by atoms with Crippen LogP contribution in [-0.4, -0.2) is 21.0 Å². The molecule has 0 saturated carbocycles. The molecule has 5 rings (SSSR count). The number of fused-ring (bicyclic) bond motifs is 1. The van der Waals surface area contributed by atoms with Crippen molar-refractivity contribution in [3.05, 3.63) is 87.1 Å². The number of rotatable bonds is 4. The number of H-pyrrole nitrogens is 1. The van der Waals surface area contributed by atoms with Crippen molar-refractivity contribution in [1.29, 1.82) is 0 Å². The first-order valence-electron chi connectivity index (χ1n) is 9.71. The van der Waals surface area contributed by atoms with E-state index in [1.807, 2.05) is 35.2 Å². The molecule has 3 aromatic heterocycles. The highest BCUT2D eigenvalue weighted by atomic mass is 35.5. The Bertz CT molecular complexity index is 1330. The van der Waals surface area contributed by atoms with E-state index >= 15 is 0 Å². The van der Waals surface area contributed by atoms with Crippen molar-refractivity contribution in [3.8, 4) is 10.7 Å². The fourth-order valence-corrected chi connectivity index (χ4v) is 4.62. The van der Waals surface area contributed by atoms with Gasteiger partial charge < -0.3 is 5.32 Å². The quantitative estimate of drug-likeness (QED) is 0.354. The number of thiophene rings is 1. The molecule has 0 spiro atoms. The van der Waals surface area contributed by atoms with Gasteiger partial charge in [-0.3, -0.25) is 9.78 Å². The van der Waals surface area contributed by atoms with E-state index in [0.717, 1.165) is 10.4 Å². The first kappa shape index (κ1) is 20.7. The molecule has 1 atom stereocenters. The molecule has 1 unspecified atom stereocenters. The lowest BCUT2D eigenvalue weighted by atomic mass is 9.95. The highest BCUT2D eigenvalue weighted by molar-refractivity contribution is 7.13. The number of hydrogen-bond donors (Lipinski definition) is 3. The van der Waals surface area contributed by atoms with Gasteiger partial charge in [-0.15, -0.1) is 16.0 Å². The third-order valence-corrected chi connectivity index (χ3v) is 6.70. The van der Waals surface area contributed by atoms with Gasteiger partial charge in [0, 0.05) is 6.20 Å². The van der Waals surface area contributed by atoms with Crippen LogP contribution in [0.4, 0.5) is 11.6 Å². The number of carbonyl (C=O) groups is 1. The number of pyridine rings is 1. The second-order valence-electron chi connectivity index (χ2n) is 7.18. The van der Waals surface area contributed by atoms with Crippen LogP contribution in [0.15, 0.2) is 71.5 Å². The molecule has 1 aromatic carbocycles. The number of carbonyl (C=O) groups excluding carboxylic acids is 1. The van der Waals surface area contributed by atoms with Gasteiger partial charge in [0.25, 0.3) is 11.7 Å². The van der Waals surface area contributed by atoms with Crippen LogP contribution in [0.2, 0.25) is 10.0 Å². The minimum absolute atomic E-state index is 0.260. The van der Waals surface area contributed by atoms with Crippen LogP contribution in [0.1, 0.15) is 18.5 Å². The molecule has 1 aliphatic rings. The van der Waals surface area contributed by atoms with Crippen molar-refractivity contribution < 1.29 is 9.48 Å². The summed E-state index contributed by atoms with van der Waals surface area (Å²) in [6.45, 7) is 1.85. The van der Waals surface area contributed by atoms with Crippen LogP contribution < -0.4 is 15.3 Å². The second kappa shape index (κ2) is 8.38. The maximum absolute atomic E-state index is 13.4. The van der Waals surface area contributed by atoms with Crippen LogP contribution in [0.25, 0.3) is 10.7 Å². The fraction of sp³-hybridized carbons (Fsp3) is 0.0909. The number of halogens is 2. The molecular formula is C22H17Cl2N6OS+. The number of anilines is 2. The zero-order valence-corrected chi connectivity index (χ0v) is 19.1. The van der Waals surface area contributed by atoms with E-state index in [1.165, 1.54) is 0 Å². The molecule has 4 heterocycles. The smallest absolute Gasteiger partial charge is 0.321 e. The number of benzene rings is 1. The zero-order valence-electron chi connectivity index (χ0n) is 16.8. The fourth-order valence-electron chi connectivity index (χ4n) is 3.65. The zero-order chi connectivity index (χ0) is 22.2. The molecule has 0 bridgehead atoms. The summed E-state index contributed by atoms with van der Waals surface area (Å²) in [5.74, 6) is 1.04. The minimum atomic E-state index is -0.501. The van der Waals surface area contributed by atoms with Gasteiger partial charge in [-0.25, -0.2) is 10.4 Å². The van der Waals surface area contributed by atoms with Gasteiger partial charge in [0.15, 0.2) is 6.04 Å². The molecule has 4 aromatic rings. The third kappa shape index (κ3) is 3.77. The van der Waals surface area contributed by atoms with E-state index in [-0.39, 0.29) is 5.91 Å². The van der Waals surface area contributed by atoms with Crippen molar-refractivity contribution >= 4 is 52.1 Å². The average Bonchev–Trinajstić information content (AvgIpc) is 3.45. The lowest BCUT2D eigenvalue weighted by Gasteiger charge is -2.24. The van der Waals surface area contributed by atoms with Crippen LogP contribution in [0.3, 0.4) is 0 Å². The van der Waals surface area contributed by atoms with E-state index < -0.39 is 6.04 Å². The van der Waals surface area contributed by atoms with Crippen molar-refractivity contribution in [2.24, 2.45) is 0 Å². The van der Waals surface area contributed by atoms with Crippen molar-refractivity contribution in [1.82, 2.24) is 15.1 Å². The second-order valence-corrected chi connectivity index (χ2v) is 8.94. The molecule has 10 heteroatoms. The summed E-state index contributed by atoms with van der Waals surface area (Å²) in [5.41, 5.74) is 2.60. The normalized spacial score (nSPS) is 15.3. The van der Waals surface area contributed by atoms with Crippen LogP contribution >= 0.6 is 34.5 Å². The van der Waals surface area contributed by atoms with Crippen molar-refractivity contribution in [2.75, 3.05) is 10.6 Å². The molecule has 0 saturated heterocycles. The first-order valence-corrected chi connectivity index (χ1v) is 11.3. The number of amides is 1. The van der Waals surface area contributed by atoms with Crippen molar-refractivity contribution in [3.63, 3.8) is 0 Å². The molecule has 0 radical (unpaired) electrons. The summed E-state index contributed by atoms with van der Waals surface area (Å²) in [5, 5.41) is 12.4. The number of aromatic nitrogens is 4. The Kier molecular flexibility index (Phi) is 5.42. The summed E-state index contributed by atoms with van der Waals surface area (Å²) in [7, 11) is 0. The SMILES string of the molecule is CC1=C(C(=O)Nc2cccnc2)C(c2ccc(Cl)c(Cl)c2)[n+]2[nH]c(-c3cccs3)nc2N1. The Balaban J connectivity index is 1.63. The standard InChI is InChI=1S/C22H16Cl2N6OS/c1-12-18(21(31)27-14-4-2-8-25-11-14)19(13-6-7-15(23)16(24)10-13)30-22(26-12)28-20(29-30)17-5-3-9-32-17/h2-11,19H,1H3,(H2,26,27,28,29,31)/p+1. The van der Waals surface area contributed by atoms with Gasteiger partial charge in [-0.05, 0) is 53.2 Å². The number of hydrogen-bond acceptors (Lipinski definition) is 5. The Morgan fingerprint density at radius 3 is 2.78 bits per heavy atom. The van der Waals surface area contributed by atoms with E-state index in [0.29, 0.717) is 38.8 Å². The monoisotopic (exact) mass is 483 g/mol. The first-order chi connectivity index (χ1) is 15.5. The Labute approximate surface area is 197 Å². The molecule has 3 N–H and O–H groups in total. The van der Waals surface area contributed by atoms with E-state index in [2.05, 4.69) is 20.7 Å². The third-order valence-electron chi connectivity index (χ3n) is 5.09. The highest BCUT2D eigenvalue weighted by Gasteiger charge is 2.40. The van der Waals surface area contributed by atoms with Gasteiger partial charge >= 0.3 is 5.95 Å². The van der Waals surface area contributed by atoms with Gasteiger partial charge in [-0.1, -0.05) is 35.3 Å². The number of nitrogens with one attached hydrogen (secondary N) is 3. The molecule has 1 amide bonds. The highest BCUT2D eigenvalue weighted by Crippen LogP contribution is 2.34. The molecule has 0 fully saturated rings. The van der Waals surface area contributed by atoms with Crippen LogP contribution in [0.5, 0.6) is 0 Å². The van der Waals surface area contributed by atoms with E-state index in [9.17, 15) is 4.79 Å². The summed E-state index contributed by atoms with van der Waals surface area (Å²) in [6.07, 6.45) is 3.25. The van der Waals surface area contributed by atoms with Gasteiger partial charge in [0.05, 0.1) is 38.1 Å². The van der Waals surface area contributed by atoms with Gasteiger partial charge in [0.2, 0.25) is 0 Å². The predicted octanol–water partition coefficient (Wildman–Crippen LogP) is 5.06. The maximum atomic E-state index is 13.4. The van der Waals surface area contributed by atoms with Crippen molar-refractivity contribution in [2.45, 2.75) is 13.0 Å². The number of allylic oxidation sites excluding steroid dienone is 1. The molecule has 32 heavy (non-hydrogen) atoms. The lowest BCUT2D eigenvalue weighted by Crippen LogP contribution is -2.50. The Morgan fingerprint density at radius 2 is 2.06 bits per heavy atom. The maximum Gasteiger partial charge on any atom is 0.417 e. The molecular weight excluding hydrogens is 467 g/mol. The summed E-state index contributed by atoms with van der Waals surface area (Å²) < 4.78 is 1.83. The number of aromatic amines is 1. The average molecular weight is 484 g/mol. The molecule has 0 aliphatic carbocycles. The Hall–Kier alpha value is -3.20. The number of nitrogens with zero attached hydrogens (tertiary/aromatic N) is 3.